The van der Waals surface area contributed by atoms with Gasteiger partial charge in [-0.3, -0.25) is 0 Å². The fourth-order valence-electron chi connectivity index (χ4n) is 2.84. The molecule has 0 aliphatic heterocycles. The van der Waals surface area contributed by atoms with Crippen molar-refractivity contribution >= 4 is 5.69 Å². The highest BCUT2D eigenvalue weighted by atomic mass is 16.5. The van der Waals surface area contributed by atoms with E-state index in [2.05, 4.69) is 42.3 Å². The number of aryl methyl sites for hydroxylation is 1. The molecule has 0 aromatic heterocycles. The molecule has 0 amide bonds. The molecule has 1 fully saturated rings. The van der Waals surface area contributed by atoms with Crippen LogP contribution in [0.4, 0.5) is 5.69 Å². The van der Waals surface area contributed by atoms with E-state index in [-0.39, 0.29) is 0 Å². The first-order valence-corrected chi connectivity index (χ1v) is 7.67. The van der Waals surface area contributed by atoms with Gasteiger partial charge in [0.15, 0.2) is 0 Å². The zero-order valence-corrected chi connectivity index (χ0v) is 13.3. The van der Waals surface area contributed by atoms with Crippen LogP contribution in [-0.2, 0) is 11.3 Å². The number of rotatable bonds is 8. The van der Waals surface area contributed by atoms with Crippen molar-refractivity contribution < 1.29 is 4.74 Å². The van der Waals surface area contributed by atoms with Gasteiger partial charge in [0, 0.05) is 31.9 Å². The minimum atomic E-state index is 0.611. The molecule has 1 atom stereocenters. The summed E-state index contributed by atoms with van der Waals surface area (Å²) in [7, 11) is 3.77. The Balaban J connectivity index is 2.16. The molecule has 0 heterocycles. The number of anilines is 1. The summed E-state index contributed by atoms with van der Waals surface area (Å²) in [6.07, 6.45) is 2.75. The summed E-state index contributed by atoms with van der Waals surface area (Å²) < 4.78 is 5.28. The predicted molar refractivity (Wildman–Crippen MR) is 85.4 cm³/mol. The van der Waals surface area contributed by atoms with Crippen LogP contribution in [0.1, 0.15) is 30.9 Å². The van der Waals surface area contributed by atoms with Gasteiger partial charge in [-0.2, -0.15) is 0 Å². The molecule has 1 unspecified atom stereocenters. The Morgan fingerprint density at radius 1 is 1.40 bits per heavy atom. The zero-order valence-electron chi connectivity index (χ0n) is 13.3. The highest BCUT2D eigenvalue weighted by molar-refractivity contribution is 5.52. The summed E-state index contributed by atoms with van der Waals surface area (Å²) in [6, 6.07) is 7.44. The molecule has 0 bridgehead atoms. The molecule has 1 aromatic carbocycles. The average molecular weight is 276 g/mol. The minimum absolute atomic E-state index is 0.611. The second kappa shape index (κ2) is 7.09. The summed E-state index contributed by atoms with van der Waals surface area (Å²) in [5.74, 6) is 0.865. The van der Waals surface area contributed by atoms with E-state index < -0.39 is 0 Å². The highest BCUT2D eigenvalue weighted by Crippen LogP contribution is 2.37. The lowest BCUT2D eigenvalue weighted by Crippen LogP contribution is -2.37. The Labute approximate surface area is 123 Å². The third-order valence-corrected chi connectivity index (χ3v) is 4.36. The van der Waals surface area contributed by atoms with Crippen LogP contribution in [0.2, 0.25) is 0 Å². The second-order valence-corrected chi connectivity index (χ2v) is 5.91. The molecule has 0 radical (unpaired) electrons. The van der Waals surface area contributed by atoms with Gasteiger partial charge in [-0.1, -0.05) is 6.07 Å². The lowest BCUT2D eigenvalue weighted by molar-refractivity contribution is 0.202. The monoisotopic (exact) mass is 276 g/mol. The maximum absolute atomic E-state index is 5.28. The fourth-order valence-corrected chi connectivity index (χ4v) is 2.84. The first-order valence-electron chi connectivity index (χ1n) is 7.67. The van der Waals surface area contributed by atoms with Crippen LogP contribution in [0.25, 0.3) is 0 Å². The summed E-state index contributed by atoms with van der Waals surface area (Å²) >= 11 is 0. The SMILES string of the molecule is CNCc1ccc(N(CCOC)C(C)C2CC2)cc1C. The van der Waals surface area contributed by atoms with Crippen molar-refractivity contribution in [3.8, 4) is 0 Å². The minimum Gasteiger partial charge on any atom is -0.383 e. The Morgan fingerprint density at radius 2 is 2.15 bits per heavy atom. The van der Waals surface area contributed by atoms with Crippen molar-refractivity contribution in [3.63, 3.8) is 0 Å². The van der Waals surface area contributed by atoms with Crippen molar-refractivity contribution in [1.82, 2.24) is 5.32 Å². The number of hydrogen-bond donors (Lipinski definition) is 1. The summed E-state index contributed by atoms with van der Waals surface area (Å²) in [6.45, 7) is 7.24. The zero-order chi connectivity index (χ0) is 14.5. The molecule has 3 nitrogen and oxygen atoms in total. The second-order valence-electron chi connectivity index (χ2n) is 5.91. The van der Waals surface area contributed by atoms with E-state index in [4.69, 9.17) is 4.74 Å². The molecular formula is C17H28N2O. The quantitative estimate of drug-likeness (QED) is 0.790. The van der Waals surface area contributed by atoms with Crippen molar-refractivity contribution in [1.29, 1.82) is 0 Å². The Kier molecular flexibility index (Phi) is 5.44. The van der Waals surface area contributed by atoms with Gasteiger partial charge in [0.2, 0.25) is 0 Å². The number of nitrogens with one attached hydrogen (secondary N) is 1. The van der Waals surface area contributed by atoms with Gasteiger partial charge in [-0.25, -0.2) is 0 Å². The van der Waals surface area contributed by atoms with E-state index >= 15 is 0 Å². The standard InChI is InChI=1S/C17H28N2O/c1-13-11-17(8-7-16(13)12-18-3)19(9-10-20-4)14(2)15-5-6-15/h7-8,11,14-15,18H,5-6,9-10,12H2,1-4H3. The van der Waals surface area contributed by atoms with E-state index in [0.717, 1.165) is 25.6 Å². The molecule has 1 aliphatic carbocycles. The molecular weight excluding hydrogens is 248 g/mol. The Bertz CT molecular complexity index is 429. The number of hydrogen-bond acceptors (Lipinski definition) is 3. The number of ether oxygens (including phenoxy) is 1. The Morgan fingerprint density at radius 3 is 2.70 bits per heavy atom. The van der Waals surface area contributed by atoms with Gasteiger partial charge >= 0.3 is 0 Å². The van der Waals surface area contributed by atoms with Gasteiger partial charge in [-0.05, 0) is 62.9 Å². The third-order valence-electron chi connectivity index (χ3n) is 4.36. The molecule has 1 aliphatic rings. The van der Waals surface area contributed by atoms with Crippen LogP contribution in [-0.4, -0.2) is 33.4 Å². The maximum atomic E-state index is 5.28. The van der Waals surface area contributed by atoms with E-state index in [1.807, 2.05) is 7.05 Å². The number of methoxy groups -OCH3 is 1. The number of nitrogens with zero attached hydrogens (tertiary/aromatic N) is 1. The van der Waals surface area contributed by atoms with E-state index in [9.17, 15) is 0 Å². The first-order chi connectivity index (χ1) is 9.67. The summed E-state index contributed by atoms with van der Waals surface area (Å²) in [5, 5.41) is 3.23. The molecule has 112 valence electrons. The predicted octanol–water partition coefficient (Wildman–Crippen LogP) is 2.97. The third kappa shape index (κ3) is 3.74. The van der Waals surface area contributed by atoms with Crippen molar-refractivity contribution in [2.24, 2.45) is 5.92 Å². The number of benzene rings is 1. The lowest BCUT2D eigenvalue weighted by Gasteiger charge is -2.32. The maximum Gasteiger partial charge on any atom is 0.0637 e. The molecule has 1 N–H and O–H groups in total. The van der Waals surface area contributed by atoms with Gasteiger partial charge in [0.05, 0.1) is 6.61 Å². The molecule has 20 heavy (non-hydrogen) atoms. The van der Waals surface area contributed by atoms with Crippen LogP contribution in [0.15, 0.2) is 18.2 Å². The van der Waals surface area contributed by atoms with Gasteiger partial charge < -0.3 is 15.0 Å². The van der Waals surface area contributed by atoms with Gasteiger partial charge in [0.1, 0.15) is 0 Å². The Hall–Kier alpha value is -1.06. The summed E-state index contributed by atoms with van der Waals surface area (Å²) in [4.78, 5) is 2.51. The van der Waals surface area contributed by atoms with E-state index in [0.29, 0.717) is 6.04 Å². The van der Waals surface area contributed by atoms with Crippen molar-refractivity contribution in [2.75, 3.05) is 32.2 Å². The summed E-state index contributed by atoms with van der Waals surface area (Å²) in [5.41, 5.74) is 4.07. The van der Waals surface area contributed by atoms with E-state index in [1.54, 1.807) is 7.11 Å². The molecule has 3 heteroatoms. The molecule has 2 rings (SSSR count). The van der Waals surface area contributed by atoms with Crippen LogP contribution in [0.5, 0.6) is 0 Å². The van der Waals surface area contributed by atoms with Crippen LogP contribution >= 0.6 is 0 Å². The first kappa shape index (κ1) is 15.3. The van der Waals surface area contributed by atoms with E-state index in [1.165, 1.54) is 29.7 Å². The fraction of sp³-hybridized carbons (Fsp3) is 0.647. The van der Waals surface area contributed by atoms with Crippen LogP contribution in [0.3, 0.4) is 0 Å². The largest absolute Gasteiger partial charge is 0.383 e. The normalized spacial score (nSPS) is 16.2. The molecule has 0 saturated heterocycles. The average Bonchev–Trinajstić information content (AvgIpc) is 3.26. The van der Waals surface area contributed by atoms with Crippen LogP contribution < -0.4 is 10.2 Å². The molecule has 1 saturated carbocycles. The van der Waals surface area contributed by atoms with Crippen LogP contribution in [0, 0.1) is 12.8 Å². The molecule has 0 spiro atoms. The van der Waals surface area contributed by atoms with Gasteiger partial charge in [0.25, 0.3) is 0 Å². The molecule has 1 aromatic rings. The lowest BCUT2D eigenvalue weighted by atomic mass is 10.1. The highest BCUT2D eigenvalue weighted by Gasteiger charge is 2.32. The van der Waals surface area contributed by atoms with Crippen molar-refractivity contribution in [2.45, 2.75) is 39.3 Å². The van der Waals surface area contributed by atoms with Gasteiger partial charge in [-0.15, -0.1) is 0 Å². The topological polar surface area (TPSA) is 24.5 Å². The smallest absolute Gasteiger partial charge is 0.0637 e. The van der Waals surface area contributed by atoms with Crippen molar-refractivity contribution in [3.05, 3.63) is 29.3 Å².